The summed E-state index contributed by atoms with van der Waals surface area (Å²) in [6.07, 6.45) is -0.237. The van der Waals surface area contributed by atoms with E-state index in [1.165, 1.54) is 0 Å². The second-order valence-corrected chi connectivity index (χ2v) is 7.32. The van der Waals surface area contributed by atoms with Gasteiger partial charge in [0, 0.05) is 12.6 Å². The lowest BCUT2D eigenvalue weighted by molar-refractivity contribution is 0.0520. The van der Waals surface area contributed by atoms with E-state index in [1.807, 2.05) is 54.6 Å². The minimum atomic E-state index is -0.237. The second kappa shape index (κ2) is 9.43. The number of carbonyl (C=O) groups excluding carboxylic acids is 1. The van der Waals surface area contributed by atoms with Gasteiger partial charge in [-0.25, -0.2) is 0 Å². The summed E-state index contributed by atoms with van der Waals surface area (Å²) in [5.74, 6) is 2.40. The van der Waals surface area contributed by atoms with Gasteiger partial charge < -0.3 is 23.8 Å². The van der Waals surface area contributed by atoms with Crippen LogP contribution in [-0.4, -0.2) is 44.2 Å². The molecule has 1 unspecified atom stereocenters. The van der Waals surface area contributed by atoms with Crippen molar-refractivity contribution in [3.63, 3.8) is 0 Å². The standard InChI is InChI=1S/C25H25NO5/c1-26(15-20-17-30-21-10-6-7-11-23(21)31-20)25(27)19-12-13-22(24(14-19)28-2)29-16-18-8-4-3-5-9-18/h3-14,20H,15-17H2,1-2H3. The Morgan fingerprint density at radius 2 is 1.74 bits per heavy atom. The zero-order chi connectivity index (χ0) is 21.6. The van der Waals surface area contributed by atoms with Crippen LogP contribution in [0.3, 0.4) is 0 Å². The molecule has 6 nitrogen and oxygen atoms in total. The Kier molecular flexibility index (Phi) is 6.26. The van der Waals surface area contributed by atoms with E-state index in [4.69, 9.17) is 18.9 Å². The van der Waals surface area contributed by atoms with Crippen molar-refractivity contribution in [2.45, 2.75) is 12.7 Å². The van der Waals surface area contributed by atoms with Crippen LogP contribution in [0.15, 0.2) is 72.8 Å². The van der Waals surface area contributed by atoms with Gasteiger partial charge in [-0.1, -0.05) is 42.5 Å². The van der Waals surface area contributed by atoms with Crippen molar-refractivity contribution in [3.8, 4) is 23.0 Å². The number of benzene rings is 3. The molecule has 0 spiro atoms. The Morgan fingerprint density at radius 3 is 2.52 bits per heavy atom. The van der Waals surface area contributed by atoms with Crippen molar-refractivity contribution >= 4 is 5.91 Å². The molecule has 0 aromatic heterocycles. The molecule has 0 saturated heterocycles. The van der Waals surface area contributed by atoms with E-state index in [0.717, 1.165) is 11.3 Å². The highest BCUT2D eigenvalue weighted by Crippen LogP contribution is 2.32. The van der Waals surface area contributed by atoms with Gasteiger partial charge in [-0.2, -0.15) is 0 Å². The number of para-hydroxylation sites is 2. The molecule has 0 saturated carbocycles. The minimum absolute atomic E-state index is 0.129. The molecule has 1 amide bonds. The van der Waals surface area contributed by atoms with Gasteiger partial charge in [0.25, 0.3) is 5.91 Å². The number of hydrogen-bond donors (Lipinski definition) is 0. The van der Waals surface area contributed by atoms with Crippen LogP contribution in [0.25, 0.3) is 0 Å². The predicted octanol–water partition coefficient (Wildman–Crippen LogP) is 4.19. The third-order valence-corrected chi connectivity index (χ3v) is 5.04. The summed E-state index contributed by atoms with van der Waals surface area (Å²) < 4.78 is 23.0. The van der Waals surface area contributed by atoms with Gasteiger partial charge >= 0.3 is 0 Å². The Morgan fingerprint density at radius 1 is 1.00 bits per heavy atom. The predicted molar refractivity (Wildman–Crippen MR) is 117 cm³/mol. The van der Waals surface area contributed by atoms with Crippen LogP contribution in [0.1, 0.15) is 15.9 Å². The van der Waals surface area contributed by atoms with Crippen LogP contribution in [0.2, 0.25) is 0 Å². The van der Waals surface area contributed by atoms with E-state index >= 15 is 0 Å². The number of rotatable bonds is 7. The summed E-state index contributed by atoms with van der Waals surface area (Å²) in [6, 6.07) is 22.6. The van der Waals surface area contributed by atoms with Gasteiger partial charge in [-0.05, 0) is 35.9 Å². The molecule has 0 N–H and O–H groups in total. The van der Waals surface area contributed by atoms with Crippen LogP contribution in [0.4, 0.5) is 0 Å². The average Bonchev–Trinajstić information content (AvgIpc) is 2.82. The number of methoxy groups -OCH3 is 1. The van der Waals surface area contributed by atoms with E-state index in [1.54, 1.807) is 37.3 Å². The third kappa shape index (κ3) is 4.91. The van der Waals surface area contributed by atoms with Crippen LogP contribution < -0.4 is 18.9 Å². The van der Waals surface area contributed by atoms with Crippen molar-refractivity contribution < 1.29 is 23.7 Å². The van der Waals surface area contributed by atoms with Gasteiger partial charge in [0.15, 0.2) is 29.1 Å². The second-order valence-electron chi connectivity index (χ2n) is 7.32. The summed E-state index contributed by atoms with van der Waals surface area (Å²) in [4.78, 5) is 14.6. The maximum absolute atomic E-state index is 13.0. The van der Waals surface area contributed by atoms with Gasteiger partial charge in [0.05, 0.1) is 13.7 Å². The molecule has 1 heterocycles. The largest absolute Gasteiger partial charge is 0.493 e. The highest BCUT2D eigenvalue weighted by Gasteiger charge is 2.24. The molecule has 0 aliphatic carbocycles. The van der Waals surface area contributed by atoms with Crippen LogP contribution in [-0.2, 0) is 6.61 Å². The average molecular weight is 419 g/mol. The Labute approximate surface area is 181 Å². The van der Waals surface area contributed by atoms with E-state index in [-0.39, 0.29) is 12.0 Å². The topological polar surface area (TPSA) is 57.2 Å². The molecule has 0 bridgehead atoms. The van der Waals surface area contributed by atoms with Crippen molar-refractivity contribution in [3.05, 3.63) is 83.9 Å². The number of fused-ring (bicyclic) bond motifs is 1. The normalized spacial score (nSPS) is 14.6. The molecule has 31 heavy (non-hydrogen) atoms. The maximum atomic E-state index is 13.0. The van der Waals surface area contributed by atoms with E-state index in [2.05, 4.69) is 0 Å². The molecular formula is C25H25NO5. The van der Waals surface area contributed by atoms with E-state index in [0.29, 0.717) is 42.6 Å². The lowest BCUT2D eigenvalue weighted by Gasteiger charge is -2.29. The molecule has 3 aromatic rings. The zero-order valence-electron chi connectivity index (χ0n) is 17.6. The quantitative estimate of drug-likeness (QED) is 0.575. The number of likely N-dealkylation sites (N-methyl/N-ethyl adjacent to an activating group) is 1. The fourth-order valence-electron chi connectivity index (χ4n) is 3.42. The first-order valence-corrected chi connectivity index (χ1v) is 10.1. The van der Waals surface area contributed by atoms with Crippen molar-refractivity contribution in [1.82, 2.24) is 4.90 Å². The number of ether oxygens (including phenoxy) is 4. The van der Waals surface area contributed by atoms with Crippen LogP contribution in [0.5, 0.6) is 23.0 Å². The Bertz CT molecular complexity index is 1040. The lowest BCUT2D eigenvalue weighted by atomic mass is 10.1. The minimum Gasteiger partial charge on any atom is -0.493 e. The van der Waals surface area contributed by atoms with Crippen molar-refractivity contribution in [2.75, 3.05) is 27.3 Å². The van der Waals surface area contributed by atoms with Crippen molar-refractivity contribution in [2.24, 2.45) is 0 Å². The highest BCUT2D eigenvalue weighted by atomic mass is 16.6. The summed E-state index contributed by atoms with van der Waals surface area (Å²) in [5, 5.41) is 0. The molecule has 3 aromatic carbocycles. The van der Waals surface area contributed by atoms with Gasteiger partial charge in [0.2, 0.25) is 0 Å². The first-order valence-electron chi connectivity index (χ1n) is 10.1. The van der Waals surface area contributed by atoms with E-state index < -0.39 is 0 Å². The molecule has 1 aliphatic heterocycles. The highest BCUT2D eigenvalue weighted by molar-refractivity contribution is 5.94. The van der Waals surface area contributed by atoms with Gasteiger partial charge in [0.1, 0.15) is 13.2 Å². The monoisotopic (exact) mass is 419 g/mol. The summed E-state index contributed by atoms with van der Waals surface area (Å²) in [5.41, 5.74) is 1.57. The molecule has 0 fully saturated rings. The van der Waals surface area contributed by atoms with Crippen LogP contribution in [0, 0.1) is 0 Å². The Balaban J connectivity index is 1.39. The molecule has 6 heteroatoms. The molecule has 0 radical (unpaired) electrons. The summed E-state index contributed by atoms with van der Waals surface area (Å²) in [7, 11) is 3.31. The molecule has 160 valence electrons. The Hall–Kier alpha value is -3.67. The fourth-order valence-corrected chi connectivity index (χ4v) is 3.42. The number of amides is 1. The third-order valence-electron chi connectivity index (χ3n) is 5.04. The van der Waals surface area contributed by atoms with Crippen molar-refractivity contribution in [1.29, 1.82) is 0 Å². The lowest BCUT2D eigenvalue weighted by Crippen LogP contribution is -2.41. The molecule has 1 atom stereocenters. The first kappa shape index (κ1) is 20.6. The smallest absolute Gasteiger partial charge is 0.253 e. The zero-order valence-corrected chi connectivity index (χ0v) is 17.6. The summed E-state index contributed by atoms with van der Waals surface area (Å²) in [6.45, 7) is 1.22. The van der Waals surface area contributed by atoms with E-state index in [9.17, 15) is 4.79 Å². The number of hydrogen-bond acceptors (Lipinski definition) is 5. The maximum Gasteiger partial charge on any atom is 0.253 e. The molecular weight excluding hydrogens is 394 g/mol. The fraction of sp³-hybridized carbons (Fsp3) is 0.240. The summed E-state index contributed by atoms with van der Waals surface area (Å²) >= 11 is 0. The van der Waals surface area contributed by atoms with Crippen LogP contribution >= 0.6 is 0 Å². The number of carbonyl (C=O) groups is 1. The number of nitrogens with zero attached hydrogens (tertiary/aromatic N) is 1. The SMILES string of the molecule is COc1cc(C(=O)N(C)CC2COc3ccccc3O2)ccc1OCc1ccccc1. The first-order chi connectivity index (χ1) is 15.1. The van der Waals surface area contributed by atoms with Gasteiger partial charge in [-0.15, -0.1) is 0 Å². The van der Waals surface area contributed by atoms with Gasteiger partial charge in [-0.3, -0.25) is 4.79 Å². The molecule has 1 aliphatic rings. The molecule has 4 rings (SSSR count).